The predicted octanol–water partition coefficient (Wildman–Crippen LogP) is 2.21. The van der Waals surface area contributed by atoms with Crippen LogP contribution in [0.3, 0.4) is 0 Å². The van der Waals surface area contributed by atoms with Crippen molar-refractivity contribution < 1.29 is 17.9 Å². The fraction of sp³-hybridized carbons (Fsp3) is 0.389. The number of nitrogens with two attached hydrogens (primary N) is 1. The molecule has 0 atom stereocenters. The number of rotatable bonds is 7. The number of hydrogen-bond donors (Lipinski definition) is 3. The number of amides is 1. The molecule has 4 N–H and O–H groups in total. The summed E-state index contributed by atoms with van der Waals surface area (Å²) in [6.07, 6.45) is 3.63. The van der Waals surface area contributed by atoms with E-state index in [0.717, 1.165) is 6.26 Å². The molecule has 1 rings (SSSR count). The minimum Gasteiger partial charge on any atom is -0.443 e. The largest absolute Gasteiger partial charge is 0.443 e. The molecular formula is C18H28N4O4S. The third-order valence-electron chi connectivity index (χ3n) is 3.34. The molecule has 0 aliphatic heterocycles. The maximum absolute atomic E-state index is 12.7. The van der Waals surface area contributed by atoms with Gasteiger partial charge in [-0.3, -0.25) is 4.90 Å². The molecule has 0 aliphatic rings. The predicted molar refractivity (Wildman–Crippen MR) is 108 cm³/mol. The lowest BCUT2D eigenvalue weighted by atomic mass is 10.2. The molecule has 0 aliphatic carbocycles. The number of carbonyl (C=O) groups is 1. The molecular weight excluding hydrogens is 368 g/mol. The van der Waals surface area contributed by atoms with Gasteiger partial charge in [-0.2, -0.15) is 0 Å². The number of benzene rings is 1. The summed E-state index contributed by atoms with van der Waals surface area (Å²) in [6.45, 7) is 9.00. The summed E-state index contributed by atoms with van der Waals surface area (Å²) in [4.78, 5) is 14.1. The first-order chi connectivity index (χ1) is 12.4. The van der Waals surface area contributed by atoms with Gasteiger partial charge in [-0.15, -0.1) is 0 Å². The van der Waals surface area contributed by atoms with Crippen LogP contribution in [0.25, 0.3) is 0 Å². The van der Waals surface area contributed by atoms with Crippen LogP contribution in [-0.2, 0) is 14.6 Å². The molecule has 0 saturated carbocycles. The summed E-state index contributed by atoms with van der Waals surface area (Å²) < 4.78 is 29.0. The van der Waals surface area contributed by atoms with Crippen LogP contribution in [0, 0.1) is 0 Å². The Labute approximate surface area is 161 Å². The lowest BCUT2D eigenvalue weighted by Gasteiger charge is -2.28. The van der Waals surface area contributed by atoms with Gasteiger partial charge in [0.1, 0.15) is 5.60 Å². The van der Waals surface area contributed by atoms with Crippen molar-refractivity contribution >= 4 is 27.3 Å². The average molecular weight is 397 g/mol. The maximum atomic E-state index is 12.7. The standard InChI is InChI=1S/C18H28N4O4S/c1-7-21-11-13(20-5)12-22(17(23)26-18(2,3)4)14-8-9-16(15(19)10-14)27(6,24)25/h7-11,20-21H,1,12,19H2,2-6H3/b13-11-. The molecule has 1 amide bonds. The van der Waals surface area contributed by atoms with Crippen molar-refractivity contribution in [1.82, 2.24) is 10.6 Å². The second kappa shape index (κ2) is 8.81. The molecule has 0 bridgehead atoms. The Bertz CT molecular complexity index is 826. The molecule has 150 valence electrons. The minimum atomic E-state index is -3.47. The Morgan fingerprint density at radius 2 is 2.00 bits per heavy atom. The van der Waals surface area contributed by atoms with Gasteiger partial charge in [0.25, 0.3) is 0 Å². The van der Waals surface area contributed by atoms with E-state index in [1.165, 1.54) is 29.3 Å². The van der Waals surface area contributed by atoms with Crippen LogP contribution in [0.5, 0.6) is 0 Å². The Kier molecular flexibility index (Phi) is 7.29. The molecule has 0 saturated heterocycles. The van der Waals surface area contributed by atoms with E-state index in [1.807, 2.05) is 0 Å². The van der Waals surface area contributed by atoms with Crippen molar-refractivity contribution in [3.05, 3.63) is 42.9 Å². The van der Waals surface area contributed by atoms with Crippen molar-refractivity contribution in [2.24, 2.45) is 0 Å². The molecule has 0 spiro atoms. The SMILES string of the molecule is C=CN/C=C(/CN(C(=O)OC(C)(C)C)c1ccc(S(C)(=O)=O)c(N)c1)NC. The van der Waals surface area contributed by atoms with E-state index in [1.54, 1.807) is 34.0 Å². The van der Waals surface area contributed by atoms with Crippen molar-refractivity contribution in [3.63, 3.8) is 0 Å². The number of nitrogen functional groups attached to an aromatic ring is 1. The lowest BCUT2D eigenvalue weighted by Crippen LogP contribution is -2.39. The van der Waals surface area contributed by atoms with Crippen LogP contribution in [0.1, 0.15) is 20.8 Å². The molecule has 1 aromatic carbocycles. The number of nitrogens with one attached hydrogen (secondary N) is 2. The normalized spacial score (nSPS) is 12.3. The summed E-state index contributed by atoms with van der Waals surface area (Å²) in [7, 11) is -1.76. The van der Waals surface area contributed by atoms with Gasteiger partial charge in [0.2, 0.25) is 0 Å². The van der Waals surface area contributed by atoms with Crippen LogP contribution >= 0.6 is 0 Å². The molecule has 1 aromatic rings. The van der Waals surface area contributed by atoms with Crippen molar-refractivity contribution in [2.75, 3.05) is 30.5 Å². The second-order valence-corrected chi connectivity index (χ2v) is 8.84. The molecule has 9 heteroatoms. The van der Waals surface area contributed by atoms with Crippen LogP contribution in [0.2, 0.25) is 0 Å². The summed E-state index contributed by atoms with van der Waals surface area (Å²) in [5, 5.41) is 5.82. The van der Waals surface area contributed by atoms with Gasteiger partial charge < -0.3 is 21.1 Å². The smallest absolute Gasteiger partial charge is 0.415 e. The van der Waals surface area contributed by atoms with Gasteiger partial charge in [-0.1, -0.05) is 6.58 Å². The van der Waals surface area contributed by atoms with Crippen LogP contribution < -0.4 is 21.3 Å². The molecule has 0 unspecified atom stereocenters. The first-order valence-electron chi connectivity index (χ1n) is 8.23. The summed E-state index contributed by atoms with van der Waals surface area (Å²) in [5.74, 6) is 0. The molecule has 0 radical (unpaired) electrons. The molecule has 8 nitrogen and oxygen atoms in total. The van der Waals surface area contributed by atoms with E-state index in [0.29, 0.717) is 11.4 Å². The summed E-state index contributed by atoms with van der Waals surface area (Å²) >= 11 is 0. The zero-order valence-electron chi connectivity index (χ0n) is 16.4. The van der Waals surface area contributed by atoms with Gasteiger partial charge in [0, 0.05) is 30.9 Å². The van der Waals surface area contributed by atoms with E-state index in [2.05, 4.69) is 17.2 Å². The first kappa shape index (κ1) is 22.4. The zero-order valence-corrected chi connectivity index (χ0v) is 17.2. The summed E-state index contributed by atoms with van der Waals surface area (Å²) in [6, 6.07) is 4.33. The van der Waals surface area contributed by atoms with Gasteiger partial charge >= 0.3 is 6.09 Å². The highest BCUT2D eigenvalue weighted by Crippen LogP contribution is 2.26. The van der Waals surface area contributed by atoms with E-state index in [9.17, 15) is 13.2 Å². The van der Waals surface area contributed by atoms with E-state index >= 15 is 0 Å². The number of ether oxygens (including phenoxy) is 1. The molecule has 0 heterocycles. The fourth-order valence-corrected chi connectivity index (χ4v) is 2.95. The Morgan fingerprint density at radius 3 is 2.44 bits per heavy atom. The molecule has 0 aromatic heterocycles. The number of anilines is 2. The number of sulfone groups is 1. The topological polar surface area (TPSA) is 114 Å². The van der Waals surface area contributed by atoms with Crippen molar-refractivity contribution in [1.29, 1.82) is 0 Å². The van der Waals surface area contributed by atoms with Crippen LogP contribution in [0.15, 0.2) is 47.8 Å². The number of likely N-dealkylation sites (N-methyl/N-ethyl adjacent to an activating group) is 1. The van der Waals surface area contributed by atoms with Crippen molar-refractivity contribution in [2.45, 2.75) is 31.3 Å². The summed E-state index contributed by atoms with van der Waals surface area (Å²) in [5.41, 5.74) is 6.35. The van der Waals surface area contributed by atoms with Gasteiger partial charge in [0.05, 0.1) is 17.1 Å². The van der Waals surface area contributed by atoms with Crippen LogP contribution in [-0.4, -0.2) is 40.0 Å². The monoisotopic (exact) mass is 396 g/mol. The Balaban J connectivity index is 3.34. The van der Waals surface area contributed by atoms with Gasteiger partial charge in [-0.25, -0.2) is 13.2 Å². The molecule has 27 heavy (non-hydrogen) atoms. The quantitative estimate of drug-likeness (QED) is 0.606. The zero-order chi connectivity index (χ0) is 20.8. The highest BCUT2D eigenvalue weighted by Gasteiger charge is 2.25. The fourth-order valence-electron chi connectivity index (χ4n) is 2.15. The third-order valence-corrected chi connectivity index (χ3v) is 4.51. The maximum Gasteiger partial charge on any atom is 0.415 e. The second-order valence-electron chi connectivity index (χ2n) is 6.85. The Morgan fingerprint density at radius 1 is 1.37 bits per heavy atom. The van der Waals surface area contributed by atoms with E-state index < -0.39 is 21.5 Å². The number of hydrogen-bond acceptors (Lipinski definition) is 7. The Hall–Kier alpha value is -2.68. The molecule has 0 fully saturated rings. The lowest BCUT2D eigenvalue weighted by molar-refractivity contribution is 0.0583. The van der Waals surface area contributed by atoms with Gasteiger partial charge in [0.15, 0.2) is 9.84 Å². The average Bonchev–Trinajstić information content (AvgIpc) is 2.52. The van der Waals surface area contributed by atoms with E-state index in [-0.39, 0.29) is 17.1 Å². The highest BCUT2D eigenvalue weighted by molar-refractivity contribution is 7.90. The number of nitrogens with zero attached hydrogens (tertiary/aromatic N) is 1. The highest BCUT2D eigenvalue weighted by atomic mass is 32.2. The first-order valence-corrected chi connectivity index (χ1v) is 10.1. The third kappa shape index (κ3) is 6.86. The van der Waals surface area contributed by atoms with Crippen LogP contribution in [0.4, 0.5) is 16.2 Å². The van der Waals surface area contributed by atoms with Gasteiger partial charge in [-0.05, 0) is 45.2 Å². The van der Waals surface area contributed by atoms with E-state index in [4.69, 9.17) is 10.5 Å². The number of carbonyl (C=O) groups excluding carboxylic acids is 1. The van der Waals surface area contributed by atoms with Crippen molar-refractivity contribution in [3.8, 4) is 0 Å². The minimum absolute atomic E-state index is 0.00750.